The molecule has 0 aliphatic carbocycles. The number of rotatable bonds is 4. The molecule has 0 atom stereocenters. The molecule has 1 fully saturated rings. The van der Waals surface area contributed by atoms with Crippen LogP contribution >= 0.6 is 12.2 Å². The van der Waals surface area contributed by atoms with Gasteiger partial charge >= 0.3 is 0 Å². The van der Waals surface area contributed by atoms with Crippen LogP contribution in [-0.2, 0) is 6.54 Å². The van der Waals surface area contributed by atoms with Gasteiger partial charge < -0.3 is 24.6 Å². The van der Waals surface area contributed by atoms with Gasteiger partial charge in [-0.15, -0.1) is 0 Å². The van der Waals surface area contributed by atoms with Crippen molar-refractivity contribution in [2.75, 3.05) is 47.4 Å². The Labute approximate surface area is 138 Å². The van der Waals surface area contributed by atoms with Gasteiger partial charge in [-0.25, -0.2) is 0 Å². The number of nitrogens with one attached hydrogen (secondary N) is 2. The lowest BCUT2D eigenvalue weighted by atomic mass is 10.1. The Kier molecular flexibility index (Phi) is 5.85. The first-order chi connectivity index (χ1) is 10.6. The van der Waals surface area contributed by atoms with Gasteiger partial charge in [-0.05, 0) is 36.8 Å². The fourth-order valence-electron chi connectivity index (χ4n) is 2.84. The molecule has 22 heavy (non-hydrogen) atoms. The van der Waals surface area contributed by atoms with E-state index in [2.05, 4.69) is 29.3 Å². The lowest BCUT2D eigenvalue weighted by Gasteiger charge is -2.33. The van der Waals surface area contributed by atoms with Crippen molar-refractivity contribution >= 4 is 17.3 Å². The van der Waals surface area contributed by atoms with Crippen molar-refractivity contribution in [3.63, 3.8) is 0 Å². The predicted octanol–water partition coefficient (Wildman–Crippen LogP) is 0.217. The number of aryl methyl sites for hydroxylation is 1. The maximum Gasteiger partial charge on any atom is 0.169 e. The van der Waals surface area contributed by atoms with E-state index in [4.69, 9.17) is 21.7 Å². The summed E-state index contributed by atoms with van der Waals surface area (Å²) in [6.07, 6.45) is 0. The second kappa shape index (κ2) is 7.65. The van der Waals surface area contributed by atoms with E-state index in [-0.39, 0.29) is 0 Å². The summed E-state index contributed by atoms with van der Waals surface area (Å²) in [5.74, 6) is 1.60. The van der Waals surface area contributed by atoms with E-state index in [1.807, 2.05) is 7.05 Å². The van der Waals surface area contributed by atoms with Gasteiger partial charge in [-0.1, -0.05) is 0 Å². The van der Waals surface area contributed by atoms with Gasteiger partial charge in [0.15, 0.2) is 16.6 Å². The van der Waals surface area contributed by atoms with Crippen LogP contribution in [0.25, 0.3) is 0 Å². The minimum atomic E-state index is 0.794. The highest BCUT2D eigenvalue weighted by atomic mass is 32.1. The molecule has 1 heterocycles. The summed E-state index contributed by atoms with van der Waals surface area (Å²) < 4.78 is 10.8. The second-order valence-electron chi connectivity index (χ2n) is 5.60. The third-order valence-electron chi connectivity index (χ3n) is 4.25. The Hall–Kier alpha value is -1.53. The van der Waals surface area contributed by atoms with Crippen molar-refractivity contribution in [2.24, 2.45) is 0 Å². The number of hydrogen-bond acceptors (Lipinski definition) is 3. The monoisotopic (exact) mass is 324 g/mol. The zero-order chi connectivity index (χ0) is 16.1. The molecule has 0 unspecified atom stereocenters. The average Bonchev–Trinajstić information content (AvgIpc) is 2.56. The maximum absolute atomic E-state index is 5.42. The second-order valence-corrected chi connectivity index (χ2v) is 5.99. The largest absolute Gasteiger partial charge is 0.493 e. The zero-order valence-corrected chi connectivity index (χ0v) is 14.7. The number of nitrogens with zero attached hydrogens (tertiary/aromatic N) is 1. The molecule has 1 saturated heterocycles. The molecule has 0 aromatic heterocycles. The highest BCUT2D eigenvalue weighted by molar-refractivity contribution is 7.80. The van der Waals surface area contributed by atoms with Crippen LogP contribution in [0.4, 0.5) is 0 Å². The molecule has 0 amide bonds. The van der Waals surface area contributed by atoms with E-state index in [0.717, 1.165) is 49.3 Å². The number of ether oxygens (including phenoxy) is 2. The van der Waals surface area contributed by atoms with Crippen LogP contribution in [0.3, 0.4) is 0 Å². The van der Waals surface area contributed by atoms with Crippen LogP contribution in [0.5, 0.6) is 11.5 Å². The van der Waals surface area contributed by atoms with Crippen LogP contribution in [-0.4, -0.2) is 57.5 Å². The first-order valence-electron chi connectivity index (χ1n) is 7.60. The summed E-state index contributed by atoms with van der Waals surface area (Å²) in [5.41, 5.74) is 2.57. The lowest BCUT2D eigenvalue weighted by Crippen LogP contribution is -3.13. The lowest BCUT2D eigenvalue weighted by molar-refractivity contribution is -0.917. The van der Waals surface area contributed by atoms with Gasteiger partial charge in [-0.2, -0.15) is 0 Å². The van der Waals surface area contributed by atoms with Gasteiger partial charge in [0, 0.05) is 12.6 Å². The van der Waals surface area contributed by atoms with E-state index in [1.54, 1.807) is 19.1 Å². The number of quaternary nitrogens is 1. The Morgan fingerprint density at radius 3 is 2.36 bits per heavy atom. The Bertz CT molecular complexity index is 528. The molecular formula is C16H26N3O2S+. The number of piperazine rings is 1. The Balaban J connectivity index is 2.01. The number of thiocarbonyl (C=S) groups is 1. The summed E-state index contributed by atoms with van der Waals surface area (Å²) in [5, 5.41) is 3.90. The first-order valence-corrected chi connectivity index (χ1v) is 8.01. The van der Waals surface area contributed by atoms with Crippen molar-refractivity contribution in [1.82, 2.24) is 10.2 Å². The SMILES string of the molecule is CNC(=S)N1CC[NH+](Cc2cc(OC)c(OC)cc2C)CC1. The molecule has 0 spiro atoms. The maximum atomic E-state index is 5.42. The number of methoxy groups -OCH3 is 2. The summed E-state index contributed by atoms with van der Waals surface area (Å²) >= 11 is 5.30. The summed E-state index contributed by atoms with van der Waals surface area (Å²) in [4.78, 5) is 3.81. The summed E-state index contributed by atoms with van der Waals surface area (Å²) in [6.45, 7) is 7.32. The molecule has 0 radical (unpaired) electrons. The summed E-state index contributed by atoms with van der Waals surface area (Å²) in [7, 11) is 5.24. The van der Waals surface area contributed by atoms with E-state index in [9.17, 15) is 0 Å². The molecule has 0 saturated carbocycles. The number of benzene rings is 1. The Morgan fingerprint density at radius 1 is 1.23 bits per heavy atom. The third-order valence-corrected chi connectivity index (χ3v) is 4.72. The highest BCUT2D eigenvalue weighted by Gasteiger charge is 2.22. The van der Waals surface area contributed by atoms with Crippen LogP contribution in [0.15, 0.2) is 12.1 Å². The topological polar surface area (TPSA) is 38.2 Å². The van der Waals surface area contributed by atoms with Crippen LogP contribution < -0.4 is 19.7 Å². The molecule has 5 nitrogen and oxygen atoms in total. The average molecular weight is 324 g/mol. The minimum absolute atomic E-state index is 0.794. The van der Waals surface area contributed by atoms with Gasteiger partial charge in [0.25, 0.3) is 0 Å². The van der Waals surface area contributed by atoms with Crippen molar-refractivity contribution < 1.29 is 14.4 Å². The molecule has 122 valence electrons. The quantitative estimate of drug-likeness (QED) is 0.775. The summed E-state index contributed by atoms with van der Waals surface area (Å²) in [6, 6.07) is 4.16. The fraction of sp³-hybridized carbons (Fsp3) is 0.562. The molecule has 6 heteroatoms. The van der Waals surface area contributed by atoms with Gasteiger partial charge in [0.05, 0.1) is 40.4 Å². The van der Waals surface area contributed by atoms with Crippen LogP contribution in [0, 0.1) is 6.92 Å². The Morgan fingerprint density at radius 2 is 1.82 bits per heavy atom. The van der Waals surface area contributed by atoms with Crippen molar-refractivity contribution in [1.29, 1.82) is 0 Å². The smallest absolute Gasteiger partial charge is 0.169 e. The van der Waals surface area contributed by atoms with Crippen LogP contribution in [0.2, 0.25) is 0 Å². The minimum Gasteiger partial charge on any atom is -0.493 e. The molecule has 0 bridgehead atoms. The van der Waals surface area contributed by atoms with Crippen LogP contribution in [0.1, 0.15) is 11.1 Å². The van der Waals surface area contributed by atoms with E-state index in [0.29, 0.717) is 0 Å². The molecule has 1 aliphatic heterocycles. The molecule has 1 aromatic rings. The highest BCUT2D eigenvalue weighted by Crippen LogP contribution is 2.29. The van der Waals surface area contributed by atoms with Crippen molar-refractivity contribution in [3.8, 4) is 11.5 Å². The molecule has 1 aromatic carbocycles. The van der Waals surface area contributed by atoms with Crippen molar-refractivity contribution in [3.05, 3.63) is 23.3 Å². The van der Waals surface area contributed by atoms with E-state index in [1.165, 1.54) is 11.1 Å². The standard InChI is InChI=1S/C16H25N3O2S/c1-12-9-14(20-3)15(21-4)10-13(12)11-18-5-7-19(8-6-18)16(22)17-2/h9-10H,5-8,11H2,1-4H3,(H,17,22)/p+1. The fourth-order valence-corrected chi connectivity index (χ4v) is 3.03. The molecular weight excluding hydrogens is 298 g/mol. The van der Waals surface area contributed by atoms with E-state index >= 15 is 0 Å². The predicted molar refractivity (Wildman–Crippen MR) is 91.9 cm³/mol. The number of hydrogen-bond donors (Lipinski definition) is 2. The normalized spacial score (nSPS) is 15.5. The van der Waals surface area contributed by atoms with Crippen molar-refractivity contribution in [2.45, 2.75) is 13.5 Å². The van der Waals surface area contributed by atoms with Gasteiger partial charge in [0.2, 0.25) is 0 Å². The van der Waals surface area contributed by atoms with E-state index < -0.39 is 0 Å². The molecule has 1 aliphatic rings. The molecule has 2 N–H and O–H groups in total. The van der Waals surface area contributed by atoms with Gasteiger partial charge in [0.1, 0.15) is 6.54 Å². The van der Waals surface area contributed by atoms with Gasteiger partial charge in [-0.3, -0.25) is 0 Å². The third kappa shape index (κ3) is 3.81. The zero-order valence-electron chi connectivity index (χ0n) is 13.9. The first kappa shape index (κ1) is 16.8. The molecule has 2 rings (SSSR count).